The Morgan fingerprint density at radius 3 is 2.81 bits per heavy atom. The van der Waals surface area contributed by atoms with Gasteiger partial charge in [0, 0.05) is 42.5 Å². The molecule has 132 valence electrons. The predicted octanol–water partition coefficient (Wildman–Crippen LogP) is 2.99. The number of nitrogens with zero attached hydrogens (tertiary/aromatic N) is 3. The van der Waals surface area contributed by atoms with Gasteiger partial charge in [0.1, 0.15) is 17.3 Å². The Hall–Kier alpha value is -2.86. The van der Waals surface area contributed by atoms with Crippen molar-refractivity contribution in [3.05, 3.63) is 59.8 Å². The van der Waals surface area contributed by atoms with E-state index in [1.807, 2.05) is 16.8 Å². The largest absolute Gasteiger partial charge is 0.309 e. The summed E-state index contributed by atoms with van der Waals surface area (Å²) in [7, 11) is 0. The molecule has 3 heterocycles. The molecule has 26 heavy (non-hydrogen) atoms. The van der Waals surface area contributed by atoms with Crippen LogP contribution < -0.4 is 5.32 Å². The number of aromatic nitrogens is 3. The number of fused-ring (bicyclic) bond motifs is 1. The molecule has 4 rings (SSSR count). The molecule has 1 aliphatic rings. The molecular formula is C20H19FN4O. The first-order valence-corrected chi connectivity index (χ1v) is 8.63. The molecule has 1 aromatic carbocycles. The zero-order chi connectivity index (χ0) is 18.1. The van der Waals surface area contributed by atoms with Crippen LogP contribution in [-0.2, 0) is 24.3 Å². The van der Waals surface area contributed by atoms with Crippen molar-refractivity contribution >= 4 is 5.78 Å². The molecule has 0 saturated heterocycles. The molecule has 3 aromatic rings. The number of nitrogens with one attached hydrogen (secondary N) is 1. The van der Waals surface area contributed by atoms with E-state index in [1.54, 1.807) is 25.3 Å². The lowest BCUT2D eigenvalue weighted by Crippen LogP contribution is -2.28. The molecule has 0 spiro atoms. The average molecular weight is 350 g/mol. The fourth-order valence-corrected chi connectivity index (χ4v) is 3.35. The normalized spacial score (nSPS) is 13.5. The van der Waals surface area contributed by atoms with Crippen LogP contribution in [0.25, 0.3) is 22.4 Å². The highest BCUT2D eigenvalue weighted by molar-refractivity contribution is 5.84. The number of hydrogen-bond donors (Lipinski definition) is 1. The summed E-state index contributed by atoms with van der Waals surface area (Å²) in [6.45, 7) is 3.93. The van der Waals surface area contributed by atoms with Crippen LogP contribution in [0, 0.1) is 5.82 Å². The van der Waals surface area contributed by atoms with E-state index in [1.165, 1.54) is 12.1 Å². The maximum atomic E-state index is 13.4. The molecule has 2 aromatic heterocycles. The van der Waals surface area contributed by atoms with Gasteiger partial charge in [0.25, 0.3) is 0 Å². The Morgan fingerprint density at radius 2 is 2.04 bits per heavy atom. The highest BCUT2D eigenvalue weighted by Gasteiger charge is 2.22. The predicted molar refractivity (Wildman–Crippen MR) is 96.9 cm³/mol. The maximum Gasteiger partial charge on any atom is 0.135 e. The molecule has 0 fully saturated rings. The van der Waals surface area contributed by atoms with Gasteiger partial charge in [0.2, 0.25) is 0 Å². The standard InChI is InChI=1S/C20H19FN4O/c1-13(26)10-17-11-15(6-7-23-17)19-18-12-22-8-9-25(18)24-20(19)14-2-4-16(21)5-3-14/h2-7,11,22H,8-10,12H2,1H3. The van der Waals surface area contributed by atoms with Crippen molar-refractivity contribution in [3.8, 4) is 22.4 Å². The summed E-state index contributed by atoms with van der Waals surface area (Å²) in [5, 5.41) is 8.17. The molecular weight excluding hydrogens is 331 g/mol. The fraction of sp³-hybridized carbons (Fsp3) is 0.250. The van der Waals surface area contributed by atoms with Crippen molar-refractivity contribution in [2.75, 3.05) is 6.54 Å². The van der Waals surface area contributed by atoms with Gasteiger partial charge in [-0.2, -0.15) is 5.10 Å². The van der Waals surface area contributed by atoms with Crippen molar-refractivity contribution in [2.45, 2.75) is 26.4 Å². The Labute approximate surface area is 150 Å². The number of rotatable bonds is 4. The minimum Gasteiger partial charge on any atom is -0.309 e. The topological polar surface area (TPSA) is 59.8 Å². The number of carbonyl (C=O) groups excluding carboxylic acids is 1. The van der Waals surface area contributed by atoms with Crippen LogP contribution in [0.2, 0.25) is 0 Å². The van der Waals surface area contributed by atoms with Gasteiger partial charge in [0.15, 0.2) is 0 Å². The van der Waals surface area contributed by atoms with E-state index in [-0.39, 0.29) is 11.6 Å². The zero-order valence-corrected chi connectivity index (χ0v) is 14.5. The third-order valence-corrected chi connectivity index (χ3v) is 4.50. The van der Waals surface area contributed by atoms with Crippen LogP contribution >= 0.6 is 0 Å². The van der Waals surface area contributed by atoms with Crippen LogP contribution in [0.15, 0.2) is 42.6 Å². The Kier molecular flexibility index (Phi) is 4.34. The number of ketones is 1. The second-order valence-electron chi connectivity index (χ2n) is 6.49. The van der Waals surface area contributed by atoms with Crippen molar-refractivity contribution < 1.29 is 9.18 Å². The number of halogens is 1. The van der Waals surface area contributed by atoms with E-state index >= 15 is 0 Å². The summed E-state index contributed by atoms with van der Waals surface area (Å²) in [4.78, 5) is 15.8. The summed E-state index contributed by atoms with van der Waals surface area (Å²) in [6, 6.07) is 10.3. The van der Waals surface area contributed by atoms with E-state index in [4.69, 9.17) is 5.10 Å². The molecule has 1 N–H and O–H groups in total. The zero-order valence-electron chi connectivity index (χ0n) is 14.5. The van der Waals surface area contributed by atoms with Crippen molar-refractivity contribution in [2.24, 2.45) is 0 Å². The molecule has 0 saturated carbocycles. The third kappa shape index (κ3) is 3.15. The number of Topliss-reactive ketones (excluding diaryl/α,β-unsaturated/α-hetero) is 1. The summed E-state index contributed by atoms with van der Waals surface area (Å²) < 4.78 is 15.4. The first-order chi connectivity index (χ1) is 12.6. The number of hydrogen-bond acceptors (Lipinski definition) is 4. The molecule has 0 aliphatic carbocycles. The van der Waals surface area contributed by atoms with Gasteiger partial charge >= 0.3 is 0 Å². The smallest absolute Gasteiger partial charge is 0.135 e. The van der Waals surface area contributed by atoms with E-state index in [0.29, 0.717) is 13.0 Å². The molecule has 0 radical (unpaired) electrons. The third-order valence-electron chi connectivity index (χ3n) is 4.50. The van der Waals surface area contributed by atoms with E-state index in [0.717, 1.165) is 46.9 Å². The molecule has 1 aliphatic heterocycles. The minimum atomic E-state index is -0.270. The van der Waals surface area contributed by atoms with Gasteiger partial charge in [-0.15, -0.1) is 0 Å². The molecule has 0 amide bonds. The maximum absolute atomic E-state index is 13.4. The quantitative estimate of drug-likeness (QED) is 0.786. The Morgan fingerprint density at radius 1 is 1.23 bits per heavy atom. The highest BCUT2D eigenvalue weighted by Crippen LogP contribution is 2.35. The van der Waals surface area contributed by atoms with Crippen molar-refractivity contribution in [3.63, 3.8) is 0 Å². The number of pyridine rings is 1. The first-order valence-electron chi connectivity index (χ1n) is 8.63. The van der Waals surface area contributed by atoms with Crippen LogP contribution in [0.1, 0.15) is 18.3 Å². The number of carbonyl (C=O) groups is 1. The van der Waals surface area contributed by atoms with Gasteiger partial charge < -0.3 is 5.32 Å². The summed E-state index contributed by atoms with van der Waals surface area (Å²) in [6.07, 6.45) is 2.03. The van der Waals surface area contributed by atoms with Gasteiger partial charge in [-0.1, -0.05) is 0 Å². The van der Waals surface area contributed by atoms with Crippen LogP contribution in [0.5, 0.6) is 0 Å². The summed E-state index contributed by atoms with van der Waals surface area (Å²) in [5.74, 6) is -0.194. The lowest BCUT2D eigenvalue weighted by molar-refractivity contribution is -0.116. The average Bonchev–Trinajstić information content (AvgIpc) is 3.01. The van der Waals surface area contributed by atoms with Gasteiger partial charge in [-0.05, 0) is 48.9 Å². The van der Waals surface area contributed by atoms with Gasteiger partial charge in [-0.25, -0.2) is 4.39 Å². The van der Waals surface area contributed by atoms with E-state index in [2.05, 4.69) is 10.3 Å². The lowest BCUT2D eigenvalue weighted by atomic mass is 9.98. The van der Waals surface area contributed by atoms with Crippen LogP contribution in [0.4, 0.5) is 4.39 Å². The second kappa shape index (κ2) is 6.80. The van der Waals surface area contributed by atoms with E-state index in [9.17, 15) is 9.18 Å². The molecule has 0 unspecified atom stereocenters. The highest BCUT2D eigenvalue weighted by atomic mass is 19.1. The van der Waals surface area contributed by atoms with Crippen LogP contribution in [0.3, 0.4) is 0 Å². The van der Waals surface area contributed by atoms with Crippen molar-refractivity contribution in [1.82, 2.24) is 20.1 Å². The van der Waals surface area contributed by atoms with Crippen molar-refractivity contribution in [1.29, 1.82) is 0 Å². The molecule has 5 nitrogen and oxygen atoms in total. The SMILES string of the molecule is CC(=O)Cc1cc(-c2c(-c3ccc(F)cc3)nn3c2CNCC3)ccn1. The lowest BCUT2D eigenvalue weighted by Gasteiger charge is -2.16. The van der Waals surface area contributed by atoms with Crippen LogP contribution in [-0.4, -0.2) is 27.1 Å². The minimum absolute atomic E-state index is 0.0760. The molecule has 0 bridgehead atoms. The Balaban J connectivity index is 1.88. The Bertz CT molecular complexity index is 962. The van der Waals surface area contributed by atoms with Gasteiger partial charge in [0.05, 0.1) is 12.2 Å². The summed E-state index contributed by atoms with van der Waals surface area (Å²) in [5.41, 5.74) is 5.51. The van der Waals surface area contributed by atoms with E-state index < -0.39 is 0 Å². The molecule has 0 atom stereocenters. The summed E-state index contributed by atoms with van der Waals surface area (Å²) >= 11 is 0. The second-order valence-corrected chi connectivity index (χ2v) is 6.49. The number of benzene rings is 1. The molecule has 6 heteroatoms. The first kappa shape index (κ1) is 16.6. The van der Waals surface area contributed by atoms with Gasteiger partial charge in [-0.3, -0.25) is 14.5 Å². The fourth-order valence-electron chi connectivity index (χ4n) is 3.35. The monoisotopic (exact) mass is 350 g/mol.